The average Bonchev–Trinajstić information content (AvgIpc) is 2.38. The molecule has 4 heteroatoms. The number of aryl methyl sites for hydroxylation is 2. The highest BCUT2D eigenvalue weighted by atomic mass is 35.5. The monoisotopic (exact) mass is 275 g/mol. The second-order valence-electron chi connectivity index (χ2n) is 4.60. The van der Waals surface area contributed by atoms with Crippen LogP contribution in [0.15, 0.2) is 24.3 Å². The van der Waals surface area contributed by atoms with Gasteiger partial charge in [-0.1, -0.05) is 43.1 Å². The van der Waals surface area contributed by atoms with Crippen molar-refractivity contribution >= 4 is 23.2 Å². The molecular weight excluding hydrogens is 258 g/mol. The van der Waals surface area contributed by atoms with Crippen molar-refractivity contribution in [3.8, 4) is 0 Å². The molecule has 0 spiro atoms. The lowest BCUT2D eigenvalue weighted by atomic mass is 10.1. The lowest BCUT2D eigenvalue weighted by Crippen LogP contribution is -2.04. The molecule has 0 unspecified atom stereocenters. The van der Waals surface area contributed by atoms with E-state index < -0.39 is 0 Å². The standard InChI is InChI=1S/C15H18ClN3/c1-4-7-13-11(3)14(16)19-15(18-13)17-12-9-6-5-8-10(12)2/h5-6,8-9H,4,7H2,1-3H3,(H,17,18,19). The van der Waals surface area contributed by atoms with E-state index in [9.17, 15) is 0 Å². The molecule has 0 fully saturated rings. The Hall–Kier alpha value is -1.61. The molecule has 0 aliphatic rings. The highest BCUT2D eigenvalue weighted by Gasteiger charge is 2.09. The lowest BCUT2D eigenvalue weighted by molar-refractivity contribution is 0.862. The van der Waals surface area contributed by atoms with Gasteiger partial charge >= 0.3 is 0 Å². The molecule has 0 atom stereocenters. The van der Waals surface area contributed by atoms with Crippen LogP contribution in [-0.2, 0) is 6.42 Å². The number of benzene rings is 1. The van der Waals surface area contributed by atoms with Crippen LogP contribution in [0.4, 0.5) is 11.6 Å². The Labute approximate surface area is 119 Å². The number of anilines is 2. The third kappa shape index (κ3) is 3.24. The molecule has 19 heavy (non-hydrogen) atoms. The summed E-state index contributed by atoms with van der Waals surface area (Å²) in [5.41, 5.74) is 4.14. The van der Waals surface area contributed by atoms with Crippen LogP contribution in [0.5, 0.6) is 0 Å². The molecule has 1 N–H and O–H groups in total. The summed E-state index contributed by atoms with van der Waals surface area (Å²) in [6.45, 7) is 6.14. The molecule has 2 aromatic rings. The van der Waals surface area contributed by atoms with Crippen molar-refractivity contribution in [3.63, 3.8) is 0 Å². The molecule has 0 radical (unpaired) electrons. The molecule has 3 nitrogen and oxygen atoms in total. The van der Waals surface area contributed by atoms with E-state index >= 15 is 0 Å². The fraction of sp³-hybridized carbons (Fsp3) is 0.333. The van der Waals surface area contributed by atoms with Crippen LogP contribution in [0.2, 0.25) is 5.15 Å². The fourth-order valence-electron chi connectivity index (χ4n) is 1.90. The zero-order valence-electron chi connectivity index (χ0n) is 11.5. The van der Waals surface area contributed by atoms with Gasteiger partial charge in [-0.2, -0.15) is 0 Å². The number of hydrogen-bond donors (Lipinski definition) is 1. The van der Waals surface area contributed by atoms with Crippen LogP contribution in [-0.4, -0.2) is 9.97 Å². The molecule has 1 aromatic heterocycles. The molecule has 0 saturated carbocycles. The first-order chi connectivity index (χ1) is 9.11. The van der Waals surface area contributed by atoms with Gasteiger partial charge in [0, 0.05) is 11.3 Å². The van der Waals surface area contributed by atoms with Crippen molar-refractivity contribution in [2.75, 3.05) is 5.32 Å². The summed E-state index contributed by atoms with van der Waals surface area (Å²) in [7, 11) is 0. The maximum absolute atomic E-state index is 6.17. The van der Waals surface area contributed by atoms with Crippen LogP contribution in [0.25, 0.3) is 0 Å². The smallest absolute Gasteiger partial charge is 0.228 e. The summed E-state index contributed by atoms with van der Waals surface area (Å²) in [6, 6.07) is 8.04. The van der Waals surface area contributed by atoms with Crippen molar-refractivity contribution in [2.45, 2.75) is 33.6 Å². The summed E-state index contributed by atoms with van der Waals surface area (Å²) >= 11 is 6.17. The van der Waals surface area contributed by atoms with Gasteiger partial charge in [0.1, 0.15) is 5.15 Å². The van der Waals surface area contributed by atoms with Crippen LogP contribution in [0, 0.1) is 13.8 Å². The first-order valence-electron chi connectivity index (χ1n) is 6.47. The van der Waals surface area contributed by atoms with Gasteiger partial charge < -0.3 is 5.32 Å². The molecule has 1 heterocycles. The number of aromatic nitrogens is 2. The summed E-state index contributed by atoms with van der Waals surface area (Å²) in [5.74, 6) is 0.563. The Morgan fingerprint density at radius 3 is 2.58 bits per heavy atom. The van der Waals surface area contributed by atoms with Gasteiger partial charge in [-0.25, -0.2) is 9.97 Å². The quantitative estimate of drug-likeness (QED) is 0.838. The summed E-state index contributed by atoms with van der Waals surface area (Å²) in [6.07, 6.45) is 1.95. The van der Waals surface area contributed by atoms with E-state index in [-0.39, 0.29) is 0 Å². The average molecular weight is 276 g/mol. The van der Waals surface area contributed by atoms with E-state index in [1.165, 1.54) is 0 Å². The van der Waals surface area contributed by atoms with E-state index in [0.29, 0.717) is 11.1 Å². The summed E-state index contributed by atoms with van der Waals surface area (Å²) in [4.78, 5) is 8.85. The molecule has 100 valence electrons. The van der Waals surface area contributed by atoms with Gasteiger partial charge in [0.2, 0.25) is 5.95 Å². The third-order valence-electron chi connectivity index (χ3n) is 3.07. The zero-order chi connectivity index (χ0) is 13.8. The SMILES string of the molecule is CCCc1nc(Nc2ccccc2C)nc(Cl)c1C. The first-order valence-corrected chi connectivity index (χ1v) is 6.85. The Bertz CT molecular complexity index is 582. The van der Waals surface area contributed by atoms with Crippen molar-refractivity contribution in [1.82, 2.24) is 9.97 Å². The summed E-state index contributed by atoms with van der Waals surface area (Å²) in [5, 5.41) is 3.76. The van der Waals surface area contributed by atoms with Crippen LogP contribution in [0.3, 0.4) is 0 Å². The minimum absolute atomic E-state index is 0.523. The highest BCUT2D eigenvalue weighted by Crippen LogP contribution is 2.22. The Kier molecular flexibility index (Phi) is 4.38. The molecule has 0 bridgehead atoms. The van der Waals surface area contributed by atoms with E-state index in [4.69, 9.17) is 11.6 Å². The number of nitrogens with zero attached hydrogens (tertiary/aromatic N) is 2. The molecule has 2 rings (SSSR count). The van der Waals surface area contributed by atoms with Crippen molar-refractivity contribution in [2.24, 2.45) is 0 Å². The number of para-hydroxylation sites is 1. The molecule has 1 aromatic carbocycles. The number of hydrogen-bond acceptors (Lipinski definition) is 3. The number of nitrogens with one attached hydrogen (secondary N) is 1. The lowest BCUT2D eigenvalue weighted by Gasteiger charge is -2.11. The van der Waals surface area contributed by atoms with E-state index in [0.717, 1.165) is 35.3 Å². The molecule has 0 aliphatic heterocycles. The van der Waals surface area contributed by atoms with Gasteiger partial charge in [-0.3, -0.25) is 0 Å². The predicted octanol–water partition coefficient (Wildman–Crippen LogP) is 4.44. The Morgan fingerprint density at radius 2 is 1.89 bits per heavy atom. The third-order valence-corrected chi connectivity index (χ3v) is 3.43. The Balaban J connectivity index is 2.33. The van der Waals surface area contributed by atoms with Crippen molar-refractivity contribution in [1.29, 1.82) is 0 Å². The minimum atomic E-state index is 0.523. The topological polar surface area (TPSA) is 37.8 Å². The fourth-order valence-corrected chi connectivity index (χ4v) is 2.09. The van der Waals surface area contributed by atoms with Gasteiger partial charge in [0.15, 0.2) is 0 Å². The van der Waals surface area contributed by atoms with E-state index in [1.807, 2.05) is 38.1 Å². The van der Waals surface area contributed by atoms with Crippen molar-refractivity contribution < 1.29 is 0 Å². The molecule has 0 amide bonds. The maximum Gasteiger partial charge on any atom is 0.228 e. The molecule has 0 aliphatic carbocycles. The van der Waals surface area contributed by atoms with Crippen LogP contribution >= 0.6 is 11.6 Å². The second-order valence-corrected chi connectivity index (χ2v) is 4.96. The number of halogens is 1. The summed E-state index contributed by atoms with van der Waals surface area (Å²) < 4.78 is 0. The molecular formula is C15H18ClN3. The van der Waals surface area contributed by atoms with Gasteiger partial charge in [0.25, 0.3) is 0 Å². The zero-order valence-corrected chi connectivity index (χ0v) is 12.3. The van der Waals surface area contributed by atoms with Gasteiger partial charge in [-0.05, 0) is 31.9 Å². The minimum Gasteiger partial charge on any atom is -0.324 e. The van der Waals surface area contributed by atoms with Crippen LogP contribution < -0.4 is 5.32 Å². The maximum atomic E-state index is 6.17. The van der Waals surface area contributed by atoms with Gasteiger partial charge in [-0.15, -0.1) is 0 Å². The van der Waals surface area contributed by atoms with Crippen molar-refractivity contribution in [3.05, 3.63) is 46.2 Å². The highest BCUT2D eigenvalue weighted by molar-refractivity contribution is 6.30. The Morgan fingerprint density at radius 1 is 1.16 bits per heavy atom. The normalized spacial score (nSPS) is 10.5. The predicted molar refractivity (Wildman–Crippen MR) is 80.2 cm³/mol. The number of rotatable bonds is 4. The first kappa shape index (κ1) is 13.8. The van der Waals surface area contributed by atoms with E-state index in [2.05, 4.69) is 22.2 Å². The largest absolute Gasteiger partial charge is 0.324 e. The molecule has 0 saturated heterocycles. The van der Waals surface area contributed by atoms with Crippen LogP contribution in [0.1, 0.15) is 30.2 Å². The van der Waals surface area contributed by atoms with E-state index in [1.54, 1.807) is 0 Å². The second kappa shape index (κ2) is 6.02. The van der Waals surface area contributed by atoms with Gasteiger partial charge in [0.05, 0.1) is 5.69 Å².